The zero-order chi connectivity index (χ0) is 19.4. The van der Waals surface area contributed by atoms with Crippen molar-refractivity contribution in [2.45, 2.75) is 18.4 Å². The second-order valence-electron chi connectivity index (χ2n) is 5.75. The van der Waals surface area contributed by atoms with Crippen molar-refractivity contribution in [2.75, 3.05) is 4.72 Å². The van der Waals surface area contributed by atoms with Crippen molar-refractivity contribution in [2.24, 2.45) is 0 Å². The van der Waals surface area contributed by atoms with Crippen molar-refractivity contribution in [1.29, 1.82) is 0 Å². The summed E-state index contributed by atoms with van der Waals surface area (Å²) >= 11 is 0. The number of aryl methyl sites for hydroxylation is 1. The molecule has 0 atom stereocenters. The average molecular weight is 389 g/mol. The van der Waals surface area contributed by atoms with Crippen LogP contribution in [0.15, 0.2) is 64.0 Å². The van der Waals surface area contributed by atoms with Gasteiger partial charge < -0.3 is 9.84 Å². The van der Waals surface area contributed by atoms with Gasteiger partial charge in [-0.2, -0.15) is 0 Å². The Morgan fingerprint density at radius 1 is 1.11 bits per heavy atom. The number of hydrogen-bond donors (Lipinski definition) is 2. The van der Waals surface area contributed by atoms with Crippen LogP contribution >= 0.6 is 0 Å². The smallest absolute Gasteiger partial charge is 0.261 e. The summed E-state index contributed by atoms with van der Waals surface area (Å²) in [6.45, 7) is 1.97. The standard InChI is InChI=1S/C18H16FN3O4S/c1-12-10-16(26-21-12)11-20-18(23)13-2-6-15(7-3-13)22-27(24,25)17-8-4-14(19)5-9-17/h2-10,22H,11H2,1H3,(H,20,23). The first-order valence-corrected chi connectivity index (χ1v) is 9.41. The molecule has 3 rings (SSSR count). The molecule has 0 saturated heterocycles. The molecule has 1 aromatic heterocycles. The van der Waals surface area contributed by atoms with Gasteiger partial charge in [0.15, 0.2) is 5.76 Å². The Bertz CT molecular complexity index is 1040. The number of rotatable bonds is 6. The van der Waals surface area contributed by atoms with Crippen LogP contribution in [0.1, 0.15) is 21.8 Å². The van der Waals surface area contributed by atoms with E-state index in [9.17, 15) is 17.6 Å². The number of amides is 1. The summed E-state index contributed by atoms with van der Waals surface area (Å²) in [5, 5.41) is 6.41. The Hall–Kier alpha value is -3.20. The molecule has 0 aliphatic rings. The van der Waals surface area contributed by atoms with Crippen molar-refractivity contribution < 1.29 is 22.1 Å². The van der Waals surface area contributed by atoms with E-state index in [-0.39, 0.29) is 23.0 Å². The Kier molecular flexibility index (Phi) is 5.22. The fourth-order valence-electron chi connectivity index (χ4n) is 2.29. The summed E-state index contributed by atoms with van der Waals surface area (Å²) in [6.07, 6.45) is 0. The molecule has 0 saturated carbocycles. The predicted molar refractivity (Wildman–Crippen MR) is 96.1 cm³/mol. The molecule has 0 spiro atoms. The van der Waals surface area contributed by atoms with Crippen molar-refractivity contribution in [3.8, 4) is 0 Å². The third kappa shape index (κ3) is 4.70. The van der Waals surface area contributed by atoms with Crippen molar-refractivity contribution in [3.63, 3.8) is 0 Å². The minimum atomic E-state index is -3.84. The van der Waals surface area contributed by atoms with Gasteiger partial charge in [0.2, 0.25) is 0 Å². The first kappa shape index (κ1) is 18.6. The molecule has 0 aliphatic carbocycles. The zero-order valence-corrected chi connectivity index (χ0v) is 15.1. The highest BCUT2D eigenvalue weighted by atomic mass is 32.2. The van der Waals surface area contributed by atoms with Gasteiger partial charge in [-0.3, -0.25) is 9.52 Å². The lowest BCUT2D eigenvalue weighted by molar-refractivity contribution is 0.0947. The number of carbonyl (C=O) groups is 1. The minimum absolute atomic E-state index is 0.0620. The van der Waals surface area contributed by atoms with Crippen LogP contribution in [0.2, 0.25) is 0 Å². The molecule has 7 nitrogen and oxygen atoms in total. The molecule has 0 aliphatic heterocycles. The summed E-state index contributed by atoms with van der Waals surface area (Å²) in [4.78, 5) is 12.1. The van der Waals surface area contributed by atoms with Gasteiger partial charge in [-0.1, -0.05) is 5.16 Å². The highest BCUT2D eigenvalue weighted by Gasteiger charge is 2.14. The van der Waals surface area contributed by atoms with Crippen LogP contribution in [0.3, 0.4) is 0 Å². The van der Waals surface area contributed by atoms with Gasteiger partial charge in [-0.15, -0.1) is 0 Å². The molecule has 0 unspecified atom stereocenters. The quantitative estimate of drug-likeness (QED) is 0.675. The molecule has 2 N–H and O–H groups in total. The minimum Gasteiger partial charge on any atom is -0.359 e. The topological polar surface area (TPSA) is 101 Å². The molecular formula is C18H16FN3O4S. The van der Waals surface area contributed by atoms with E-state index in [1.54, 1.807) is 13.0 Å². The summed E-state index contributed by atoms with van der Waals surface area (Å²) in [5.74, 6) is -0.327. The van der Waals surface area contributed by atoms with Gasteiger partial charge in [0.05, 0.1) is 17.1 Å². The first-order valence-electron chi connectivity index (χ1n) is 7.92. The number of nitrogens with zero attached hydrogens (tertiary/aromatic N) is 1. The second-order valence-corrected chi connectivity index (χ2v) is 7.44. The number of nitrogens with one attached hydrogen (secondary N) is 2. The van der Waals surface area contributed by atoms with E-state index < -0.39 is 15.8 Å². The van der Waals surface area contributed by atoms with E-state index in [4.69, 9.17) is 4.52 Å². The first-order chi connectivity index (χ1) is 12.8. The Morgan fingerprint density at radius 2 is 1.78 bits per heavy atom. The van der Waals surface area contributed by atoms with Crippen molar-refractivity contribution >= 4 is 21.6 Å². The van der Waals surface area contributed by atoms with Gasteiger partial charge in [-0.05, 0) is 55.5 Å². The fourth-order valence-corrected chi connectivity index (χ4v) is 3.35. The zero-order valence-electron chi connectivity index (χ0n) is 14.3. The van der Waals surface area contributed by atoms with Crippen LogP contribution in [-0.2, 0) is 16.6 Å². The largest absolute Gasteiger partial charge is 0.359 e. The molecule has 9 heteroatoms. The summed E-state index contributed by atoms with van der Waals surface area (Å²) in [7, 11) is -3.84. The second kappa shape index (κ2) is 7.58. The van der Waals surface area contributed by atoms with Crippen LogP contribution in [0.4, 0.5) is 10.1 Å². The highest BCUT2D eigenvalue weighted by molar-refractivity contribution is 7.92. The van der Waals surface area contributed by atoms with E-state index in [0.29, 0.717) is 11.3 Å². The van der Waals surface area contributed by atoms with E-state index in [1.165, 1.54) is 36.4 Å². The molecule has 0 fully saturated rings. The van der Waals surface area contributed by atoms with E-state index in [1.807, 2.05) is 0 Å². The van der Waals surface area contributed by atoms with Crippen LogP contribution < -0.4 is 10.0 Å². The third-order valence-corrected chi connectivity index (χ3v) is 5.02. The lowest BCUT2D eigenvalue weighted by Crippen LogP contribution is -2.22. The molecule has 140 valence electrons. The normalized spacial score (nSPS) is 11.2. The number of benzene rings is 2. The molecule has 27 heavy (non-hydrogen) atoms. The predicted octanol–water partition coefficient (Wildman–Crippen LogP) is 2.85. The van der Waals surface area contributed by atoms with Gasteiger partial charge in [0.1, 0.15) is 5.82 Å². The summed E-state index contributed by atoms with van der Waals surface area (Å²) in [5.41, 5.74) is 1.36. The molecule has 0 bridgehead atoms. The van der Waals surface area contributed by atoms with Gasteiger partial charge in [-0.25, -0.2) is 12.8 Å². The number of hydrogen-bond acceptors (Lipinski definition) is 5. The summed E-state index contributed by atoms with van der Waals surface area (Å²) in [6, 6.07) is 12.1. The molecule has 2 aromatic carbocycles. The molecule has 1 heterocycles. The Labute approximate surface area is 155 Å². The van der Waals surface area contributed by atoms with E-state index in [2.05, 4.69) is 15.2 Å². The number of aromatic nitrogens is 1. The van der Waals surface area contributed by atoms with Gasteiger partial charge in [0, 0.05) is 17.3 Å². The van der Waals surface area contributed by atoms with Crippen LogP contribution in [0.25, 0.3) is 0 Å². The van der Waals surface area contributed by atoms with Crippen LogP contribution in [0, 0.1) is 12.7 Å². The maximum atomic E-state index is 12.9. The fraction of sp³-hybridized carbons (Fsp3) is 0.111. The monoisotopic (exact) mass is 389 g/mol. The molecular weight excluding hydrogens is 373 g/mol. The van der Waals surface area contributed by atoms with Crippen LogP contribution in [-0.4, -0.2) is 19.5 Å². The molecule has 3 aromatic rings. The highest BCUT2D eigenvalue weighted by Crippen LogP contribution is 2.17. The number of anilines is 1. The SMILES string of the molecule is Cc1cc(CNC(=O)c2ccc(NS(=O)(=O)c3ccc(F)cc3)cc2)on1. The lowest BCUT2D eigenvalue weighted by atomic mass is 10.2. The lowest BCUT2D eigenvalue weighted by Gasteiger charge is -2.09. The van der Waals surface area contributed by atoms with Gasteiger partial charge in [0.25, 0.3) is 15.9 Å². The van der Waals surface area contributed by atoms with Crippen LogP contribution in [0.5, 0.6) is 0 Å². The number of sulfonamides is 1. The van der Waals surface area contributed by atoms with E-state index >= 15 is 0 Å². The van der Waals surface area contributed by atoms with Gasteiger partial charge >= 0.3 is 0 Å². The van der Waals surface area contributed by atoms with Crippen molar-refractivity contribution in [1.82, 2.24) is 10.5 Å². The maximum Gasteiger partial charge on any atom is 0.261 e. The van der Waals surface area contributed by atoms with E-state index in [0.717, 1.165) is 17.8 Å². The number of carbonyl (C=O) groups excluding carboxylic acids is 1. The Balaban J connectivity index is 1.64. The van der Waals surface area contributed by atoms with Crippen molar-refractivity contribution in [3.05, 3.63) is 77.4 Å². The number of halogens is 1. The summed E-state index contributed by atoms with van der Waals surface area (Å²) < 4.78 is 44.8. The maximum absolute atomic E-state index is 12.9. The third-order valence-electron chi connectivity index (χ3n) is 3.62. The Morgan fingerprint density at radius 3 is 2.37 bits per heavy atom. The molecule has 0 radical (unpaired) electrons. The molecule has 1 amide bonds. The average Bonchev–Trinajstić information content (AvgIpc) is 3.06.